The van der Waals surface area contributed by atoms with Crippen LogP contribution < -0.4 is 0 Å². The summed E-state index contributed by atoms with van der Waals surface area (Å²) in [4.78, 5) is 23.1. The van der Waals surface area contributed by atoms with Crippen molar-refractivity contribution in [3.8, 4) is 11.4 Å². The van der Waals surface area contributed by atoms with Gasteiger partial charge in [0.05, 0.1) is 22.7 Å². The molecule has 0 spiro atoms. The smallest absolute Gasteiger partial charge is 0.355 e. The Morgan fingerprint density at radius 3 is 2.68 bits per heavy atom. The summed E-state index contributed by atoms with van der Waals surface area (Å²) in [5.74, 6) is -0.476. The standard InChI is InChI=1S/C18H16N2O5/c1-3-25-18(22)17-9-12-8-14(21)6-7-15(12)19(17)13-5-4-11(2)16(10-13)20(23)24/h4-10,21H,3H2,1-2H3. The number of ether oxygens (including phenoxy) is 1. The topological polar surface area (TPSA) is 94.6 Å². The fourth-order valence-corrected chi connectivity index (χ4v) is 2.77. The Morgan fingerprint density at radius 2 is 2.00 bits per heavy atom. The number of hydrogen-bond acceptors (Lipinski definition) is 5. The van der Waals surface area contributed by atoms with Gasteiger partial charge in [-0.1, -0.05) is 6.07 Å². The monoisotopic (exact) mass is 340 g/mol. The largest absolute Gasteiger partial charge is 0.508 e. The lowest BCUT2D eigenvalue weighted by atomic mass is 10.1. The minimum Gasteiger partial charge on any atom is -0.508 e. The quantitative estimate of drug-likeness (QED) is 0.443. The molecule has 3 rings (SSSR count). The van der Waals surface area contributed by atoms with Crippen LogP contribution in [-0.2, 0) is 4.74 Å². The fraction of sp³-hybridized carbons (Fsp3) is 0.167. The number of aromatic hydroxyl groups is 1. The molecule has 25 heavy (non-hydrogen) atoms. The van der Waals surface area contributed by atoms with Gasteiger partial charge in [0.25, 0.3) is 5.69 Å². The molecule has 0 radical (unpaired) electrons. The van der Waals surface area contributed by atoms with Gasteiger partial charge in [-0.15, -0.1) is 0 Å². The van der Waals surface area contributed by atoms with Gasteiger partial charge in [0.1, 0.15) is 11.4 Å². The average molecular weight is 340 g/mol. The molecular formula is C18H16N2O5. The number of aryl methyl sites for hydroxylation is 1. The summed E-state index contributed by atoms with van der Waals surface area (Å²) in [5.41, 5.74) is 1.84. The van der Waals surface area contributed by atoms with Crippen LogP contribution in [0.15, 0.2) is 42.5 Å². The number of phenolic OH excluding ortho intramolecular Hbond substituents is 1. The van der Waals surface area contributed by atoms with Gasteiger partial charge in [-0.25, -0.2) is 4.79 Å². The van der Waals surface area contributed by atoms with Crippen molar-refractivity contribution in [2.75, 3.05) is 6.61 Å². The highest BCUT2D eigenvalue weighted by Gasteiger charge is 2.20. The number of nitro benzene ring substituents is 1. The maximum absolute atomic E-state index is 12.3. The van der Waals surface area contributed by atoms with Gasteiger partial charge in [-0.3, -0.25) is 10.1 Å². The predicted octanol–water partition coefficient (Wildman–Crippen LogP) is 3.73. The van der Waals surface area contributed by atoms with E-state index in [0.717, 1.165) is 0 Å². The molecule has 128 valence electrons. The first-order valence-corrected chi connectivity index (χ1v) is 7.69. The predicted molar refractivity (Wildman–Crippen MR) is 92.3 cm³/mol. The van der Waals surface area contributed by atoms with Gasteiger partial charge in [0, 0.05) is 17.0 Å². The van der Waals surface area contributed by atoms with Crippen molar-refractivity contribution < 1.29 is 19.6 Å². The normalized spacial score (nSPS) is 10.8. The lowest BCUT2D eigenvalue weighted by Crippen LogP contribution is -2.11. The Labute approximate surface area is 143 Å². The van der Waals surface area contributed by atoms with E-state index in [-0.39, 0.29) is 23.7 Å². The molecule has 0 aliphatic heterocycles. The third-order valence-corrected chi connectivity index (χ3v) is 3.92. The van der Waals surface area contributed by atoms with E-state index in [1.807, 2.05) is 0 Å². The zero-order valence-corrected chi connectivity index (χ0v) is 13.7. The molecule has 0 atom stereocenters. The van der Waals surface area contributed by atoms with E-state index < -0.39 is 10.9 Å². The molecule has 1 heterocycles. The first-order valence-electron chi connectivity index (χ1n) is 7.69. The van der Waals surface area contributed by atoms with Gasteiger partial charge in [0.2, 0.25) is 0 Å². The van der Waals surface area contributed by atoms with E-state index in [4.69, 9.17) is 4.74 Å². The molecule has 0 saturated heterocycles. The van der Waals surface area contributed by atoms with Crippen molar-refractivity contribution in [2.45, 2.75) is 13.8 Å². The number of phenols is 1. The summed E-state index contributed by atoms with van der Waals surface area (Å²) in [5, 5.41) is 21.6. The van der Waals surface area contributed by atoms with Gasteiger partial charge in [0.15, 0.2) is 0 Å². The van der Waals surface area contributed by atoms with Crippen LogP contribution in [0.2, 0.25) is 0 Å². The maximum atomic E-state index is 12.3. The molecule has 3 aromatic rings. The van der Waals surface area contributed by atoms with E-state index in [9.17, 15) is 20.0 Å². The number of esters is 1. The molecule has 0 amide bonds. The summed E-state index contributed by atoms with van der Waals surface area (Å²) in [7, 11) is 0. The van der Waals surface area contributed by atoms with Crippen molar-refractivity contribution in [2.24, 2.45) is 0 Å². The van der Waals surface area contributed by atoms with Crippen LogP contribution >= 0.6 is 0 Å². The van der Waals surface area contributed by atoms with Crippen LogP contribution in [0.3, 0.4) is 0 Å². The Hall–Kier alpha value is -3.35. The van der Waals surface area contributed by atoms with Crippen molar-refractivity contribution in [3.63, 3.8) is 0 Å². The molecule has 1 aromatic heterocycles. The van der Waals surface area contributed by atoms with E-state index in [1.54, 1.807) is 42.7 Å². The third-order valence-electron chi connectivity index (χ3n) is 3.92. The molecule has 0 unspecified atom stereocenters. The molecule has 0 fully saturated rings. The van der Waals surface area contributed by atoms with E-state index in [0.29, 0.717) is 22.2 Å². The average Bonchev–Trinajstić information content (AvgIpc) is 2.94. The van der Waals surface area contributed by atoms with Gasteiger partial charge in [-0.05, 0) is 44.2 Å². The SMILES string of the molecule is CCOC(=O)c1cc2cc(O)ccc2n1-c1ccc(C)c([N+](=O)[O-])c1. The summed E-state index contributed by atoms with van der Waals surface area (Å²) >= 11 is 0. The van der Waals surface area contributed by atoms with E-state index in [2.05, 4.69) is 0 Å². The van der Waals surface area contributed by atoms with E-state index in [1.165, 1.54) is 18.2 Å². The van der Waals surface area contributed by atoms with Crippen LogP contribution in [0.4, 0.5) is 5.69 Å². The second kappa shape index (κ2) is 6.27. The number of benzene rings is 2. The molecule has 7 heteroatoms. The van der Waals surface area contributed by atoms with Crippen molar-refractivity contribution >= 4 is 22.6 Å². The Bertz CT molecular complexity index is 991. The molecule has 0 bridgehead atoms. The number of nitrogens with zero attached hydrogens (tertiary/aromatic N) is 2. The Kier molecular flexibility index (Phi) is 4.14. The molecule has 0 aliphatic carbocycles. The number of carbonyl (C=O) groups excluding carboxylic acids is 1. The zero-order valence-electron chi connectivity index (χ0n) is 13.7. The van der Waals surface area contributed by atoms with Crippen molar-refractivity contribution in [3.05, 3.63) is 63.8 Å². The first kappa shape index (κ1) is 16.5. The zero-order chi connectivity index (χ0) is 18.1. The van der Waals surface area contributed by atoms with Crippen LogP contribution in [-0.4, -0.2) is 27.2 Å². The number of aromatic nitrogens is 1. The summed E-state index contributed by atoms with van der Waals surface area (Å²) in [6.45, 7) is 3.56. The van der Waals surface area contributed by atoms with E-state index >= 15 is 0 Å². The van der Waals surface area contributed by atoms with Gasteiger partial charge < -0.3 is 14.4 Å². The van der Waals surface area contributed by atoms with Crippen LogP contribution in [0.5, 0.6) is 5.75 Å². The Morgan fingerprint density at radius 1 is 1.24 bits per heavy atom. The second-order valence-electron chi connectivity index (χ2n) is 5.56. The summed E-state index contributed by atoms with van der Waals surface area (Å²) < 4.78 is 6.69. The Balaban J connectivity index is 2.30. The van der Waals surface area contributed by atoms with Gasteiger partial charge >= 0.3 is 5.97 Å². The molecular weight excluding hydrogens is 324 g/mol. The molecule has 7 nitrogen and oxygen atoms in total. The fourth-order valence-electron chi connectivity index (χ4n) is 2.77. The highest BCUT2D eigenvalue weighted by Crippen LogP contribution is 2.30. The maximum Gasteiger partial charge on any atom is 0.355 e. The van der Waals surface area contributed by atoms with Crippen molar-refractivity contribution in [1.82, 2.24) is 4.57 Å². The second-order valence-corrected chi connectivity index (χ2v) is 5.56. The van der Waals surface area contributed by atoms with Gasteiger partial charge in [-0.2, -0.15) is 0 Å². The minimum absolute atomic E-state index is 0.0343. The highest BCUT2D eigenvalue weighted by atomic mass is 16.6. The van der Waals surface area contributed by atoms with Crippen molar-refractivity contribution in [1.29, 1.82) is 0 Å². The summed E-state index contributed by atoms with van der Waals surface area (Å²) in [6.07, 6.45) is 0. The number of rotatable bonds is 4. The number of nitro groups is 1. The van der Waals surface area contributed by atoms with Crippen LogP contribution in [0, 0.1) is 17.0 Å². The number of carbonyl (C=O) groups is 1. The molecule has 0 aliphatic rings. The lowest BCUT2D eigenvalue weighted by molar-refractivity contribution is -0.385. The molecule has 0 saturated carbocycles. The minimum atomic E-state index is -0.540. The number of hydrogen-bond donors (Lipinski definition) is 1. The third kappa shape index (κ3) is 2.91. The summed E-state index contributed by atoms with van der Waals surface area (Å²) in [6, 6.07) is 11.0. The highest BCUT2D eigenvalue weighted by molar-refractivity contribution is 5.97. The first-order chi connectivity index (χ1) is 11.9. The molecule has 1 N–H and O–H groups in total. The van der Waals surface area contributed by atoms with Crippen LogP contribution in [0.25, 0.3) is 16.6 Å². The lowest BCUT2D eigenvalue weighted by Gasteiger charge is -2.11. The van der Waals surface area contributed by atoms with Crippen LogP contribution in [0.1, 0.15) is 23.0 Å². The molecule has 2 aromatic carbocycles. The number of fused-ring (bicyclic) bond motifs is 1.